The van der Waals surface area contributed by atoms with Crippen molar-refractivity contribution in [1.82, 2.24) is 5.32 Å². The number of benzene rings is 1. The highest BCUT2D eigenvalue weighted by Gasteiger charge is 2.21. The first kappa shape index (κ1) is 16.5. The molecule has 0 heterocycles. The van der Waals surface area contributed by atoms with E-state index in [4.69, 9.17) is 0 Å². The van der Waals surface area contributed by atoms with Gasteiger partial charge in [-0.2, -0.15) is 0 Å². The van der Waals surface area contributed by atoms with Gasteiger partial charge in [0.2, 0.25) is 0 Å². The third-order valence-corrected chi connectivity index (χ3v) is 5.81. The van der Waals surface area contributed by atoms with Crippen LogP contribution in [0.5, 0.6) is 0 Å². The SMILES string of the molecule is CC(NC(C)C1CCCCC1)c1ccc(S(C)(=O)=O)cc1. The number of hydrogen-bond donors (Lipinski definition) is 1. The van der Waals surface area contributed by atoms with Crippen molar-refractivity contribution in [2.45, 2.75) is 62.9 Å². The summed E-state index contributed by atoms with van der Waals surface area (Å²) in [5, 5.41) is 3.67. The van der Waals surface area contributed by atoms with E-state index in [0.29, 0.717) is 10.9 Å². The predicted octanol–water partition coefficient (Wildman–Crippen LogP) is 3.71. The summed E-state index contributed by atoms with van der Waals surface area (Å²) in [6.45, 7) is 4.42. The lowest BCUT2D eigenvalue weighted by molar-refractivity contribution is 0.268. The predicted molar refractivity (Wildman–Crippen MR) is 87.1 cm³/mol. The number of rotatable bonds is 5. The molecule has 2 unspecified atom stereocenters. The van der Waals surface area contributed by atoms with Gasteiger partial charge in [0.15, 0.2) is 9.84 Å². The second-order valence-electron chi connectivity index (χ2n) is 6.42. The summed E-state index contributed by atoms with van der Waals surface area (Å²) >= 11 is 0. The fourth-order valence-corrected chi connectivity index (χ4v) is 3.89. The minimum atomic E-state index is -3.11. The molecule has 21 heavy (non-hydrogen) atoms. The summed E-state index contributed by atoms with van der Waals surface area (Å²) < 4.78 is 23.0. The zero-order valence-electron chi connectivity index (χ0n) is 13.3. The summed E-state index contributed by atoms with van der Waals surface area (Å²) in [7, 11) is -3.11. The molecule has 1 N–H and O–H groups in total. The van der Waals surface area contributed by atoms with Crippen molar-refractivity contribution in [3.8, 4) is 0 Å². The molecular weight excluding hydrogens is 282 g/mol. The van der Waals surface area contributed by atoms with Crippen LogP contribution < -0.4 is 5.32 Å². The van der Waals surface area contributed by atoms with E-state index in [2.05, 4.69) is 19.2 Å². The number of sulfone groups is 1. The van der Waals surface area contributed by atoms with Gasteiger partial charge in [0.25, 0.3) is 0 Å². The van der Waals surface area contributed by atoms with Crippen LogP contribution in [0.1, 0.15) is 57.6 Å². The lowest BCUT2D eigenvalue weighted by atomic mass is 9.84. The second kappa shape index (κ2) is 6.93. The van der Waals surface area contributed by atoms with Crippen LogP contribution >= 0.6 is 0 Å². The Balaban J connectivity index is 1.97. The second-order valence-corrected chi connectivity index (χ2v) is 8.43. The Morgan fingerprint density at radius 2 is 1.62 bits per heavy atom. The van der Waals surface area contributed by atoms with Gasteiger partial charge in [-0.1, -0.05) is 31.4 Å². The van der Waals surface area contributed by atoms with Crippen LogP contribution in [0.3, 0.4) is 0 Å². The van der Waals surface area contributed by atoms with Gasteiger partial charge in [-0.3, -0.25) is 0 Å². The summed E-state index contributed by atoms with van der Waals surface area (Å²) in [6, 6.07) is 8.00. The minimum absolute atomic E-state index is 0.246. The Morgan fingerprint density at radius 3 is 2.14 bits per heavy atom. The van der Waals surface area contributed by atoms with Crippen LogP contribution in [-0.4, -0.2) is 20.7 Å². The average Bonchev–Trinajstić information content (AvgIpc) is 2.47. The molecule has 1 aromatic carbocycles. The van der Waals surface area contributed by atoms with Crippen LogP contribution in [-0.2, 0) is 9.84 Å². The van der Waals surface area contributed by atoms with E-state index in [1.54, 1.807) is 12.1 Å². The largest absolute Gasteiger partial charge is 0.307 e. The van der Waals surface area contributed by atoms with Crippen molar-refractivity contribution in [1.29, 1.82) is 0 Å². The van der Waals surface area contributed by atoms with Crippen LogP contribution in [0.2, 0.25) is 0 Å². The standard InChI is InChI=1S/C17H27NO2S/c1-13(15-7-5-4-6-8-15)18-14(2)16-9-11-17(12-10-16)21(3,19)20/h9-15,18H,4-8H2,1-3H3. The van der Waals surface area contributed by atoms with Crippen molar-refractivity contribution in [2.75, 3.05) is 6.26 Å². The zero-order valence-corrected chi connectivity index (χ0v) is 14.1. The summed E-state index contributed by atoms with van der Waals surface area (Å²) in [5.74, 6) is 0.775. The number of hydrogen-bond acceptors (Lipinski definition) is 3. The van der Waals surface area contributed by atoms with Crippen molar-refractivity contribution in [2.24, 2.45) is 5.92 Å². The maximum Gasteiger partial charge on any atom is 0.175 e. The van der Waals surface area contributed by atoms with Crippen molar-refractivity contribution < 1.29 is 8.42 Å². The molecule has 1 aromatic rings. The zero-order chi connectivity index (χ0) is 15.5. The van der Waals surface area contributed by atoms with Crippen LogP contribution in [0.4, 0.5) is 0 Å². The summed E-state index contributed by atoms with van der Waals surface area (Å²) in [5.41, 5.74) is 1.14. The molecule has 1 aliphatic carbocycles. The van der Waals surface area contributed by atoms with Gasteiger partial charge in [0.1, 0.15) is 0 Å². The van der Waals surface area contributed by atoms with E-state index in [1.807, 2.05) is 12.1 Å². The molecule has 0 amide bonds. The van der Waals surface area contributed by atoms with Gasteiger partial charge in [-0.05, 0) is 50.3 Å². The fourth-order valence-electron chi connectivity index (χ4n) is 3.26. The van der Waals surface area contributed by atoms with E-state index < -0.39 is 9.84 Å². The topological polar surface area (TPSA) is 46.2 Å². The van der Waals surface area contributed by atoms with E-state index in [0.717, 1.165) is 11.5 Å². The first-order chi connectivity index (χ1) is 9.88. The molecule has 2 rings (SSSR count). The van der Waals surface area contributed by atoms with E-state index >= 15 is 0 Å². The maximum absolute atomic E-state index is 11.5. The van der Waals surface area contributed by atoms with Crippen LogP contribution in [0, 0.1) is 5.92 Å². The van der Waals surface area contributed by atoms with Crippen LogP contribution in [0.25, 0.3) is 0 Å². The van der Waals surface area contributed by atoms with Gasteiger partial charge in [-0.25, -0.2) is 8.42 Å². The van der Waals surface area contributed by atoms with Crippen molar-refractivity contribution in [3.05, 3.63) is 29.8 Å². The molecule has 0 bridgehead atoms. The minimum Gasteiger partial charge on any atom is -0.307 e. The molecule has 2 atom stereocenters. The third-order valence-electron chi connectivity index (χ3n) is 4.68. The van der Waals surface area contributed by atoms with E-state index in [-0.39, 0.29) is 6.04 Å². The smallest absolute Gasteiger partial charge is 0.175 e. The quantitative estimate of drug-likeness (QED) is 0.902. The molecule has 0 radical (unpaired) electrons. The Morgan fingerprint density at radius 1 is 1.05 bits per heavy atom. The Kier molecular flexibility index (Phi) is 5.44. The molecule has 118 valence electrons. The molecule has 1 saturated carbocycles. The normalized spacial score (nSPS) is 20.1. The van der Waals surface area contributed by atoms with Crippen molar-refractivity contribution >= 4 is 9.84 Å². The van der Waals surface area contributed by atoms with Crippen molar-refractivity contribution in [3.63, 3.8) is 0 Å². The molecular formula is C17H27NO2S. The Labute approximate surface area is 129 Å². The molecule has 0 aliphatic heterocycles. The van der Waals surface area contributed by atoms with Gasteiger partial charge in [-0.15, -0.1) is 0 Å². The summed E-state index contributed by atoms with van der Waals surface area (Å²) in [6.07, 6.45) is 7.99. The molecule has 4 heteroatoms. The molecule has 1 aliphatic rings. The molecule has 3 nitrogen and oxygen atoms in total. The Hall–Kier alpha value is -0.870. The third kappa shape index (κ3) is 4.55. The fraction of sp³-hybridized carbons (Fsp3) is 0.647. The van der Waals surface area contributed by atoms with E-state index in [9.17, 15) is 8.42 Å². The molecule has 1 fully saturated rings. The van der Waals surface area contributed by atoms with Gasteiger partial charge >= 0.3 is 0 Å². The van der Waals surface area contributed by atoms with Gasteiger partial charge in [0.05, 0.1) is 4.90 Å². The van der Waals surface area contributed by atoms with Gasteiger partial charge in [0, 0.05) is 18.3 Å². The highest BCUT2D eigenvalue weighted by atomic mass is 32.2. The lowest BCUT2D eigenvalue weighted by Crippen LogP contribution is -2.36. The average molecular weight is 309 g/mol. The highest BCUT2D eigenvalue weighted by molar-refractivity contribution is 7.90. The van der Waals surface area contributed by atoms with Crippen LogP contribution in [0.15, 0.2) is 29.2 Å². The van der Waals surface area contributed by atoms with E-state index in [1.165, 1.54) is 38.4 Å². The highest BCUT2D eigenvalue weighted by Crippen LogP contribution is 2.27. The molecule has 0 aromatic heterocycles. The first-order valence-electron chi connectivity index (χ1n) is 7.94. The molecule has 0 saturated heterocycles. The first-order valence-corrected chi connectivity index (χ1v) is 9.83. The monoisotopic (exact) mass is 309 g/mol. The maximum atomic E-state index is 11.5. The lowest BCUT2D eigenvalue weighted by Gasteiger charge is -2.30. The summed E-state index contributed by atoms with van der Waals surface area (Å²) in [4.78, 5) is 0.388. The Bertz CT molecular complexity index is 545. The van der Waals surface area contributed by atoms with Gasteiger partial charge < -0.3 is 5.32 Å². The molecule has 0 spiro atoms. The number of nitrogens with one attached hydrogen (secondary N) is 1.